The zero-order chi connectivity index (χ0) is 12.9. The first-order chi connectivity index (χ1) is 8.56. The summed E-state index contributed by atoms with van der Waals surface area (Å²) >= 11 is 0. The standard InChI is InChI=1S/C12H15N5O/c1-7-4-5-9(18-7)6-17-11-10(14-12(17)13)8(2)15-16(11)3/h4-5H,6H2,1-3H3,(H2,13,14). The molecule has 3 aromatic rings. The molecule has 3 heterocycles. The maximum atomic E-state index is 5.96. The molecule has 18 heavy (non-hydrogen) atoms. The van der Waals surface area contributed by atoms with Gasteiger partial charge in [0.2, 0.25) is 5.95 Å². The fourth-order valence-electron chi connectivity index (χ4n) is 2.23. The van der Waals surface area contributed by atoms with Crippen molar-refractivity contribution in [2.75, 3.05) is 5.73 Å². The van der Waals surface area contributed by atoms with Crippen LogP contribution in [-0.4, -0.2) is 19.3 Å². The Kier molecular flexibility index (Phi) is 2.19. The first kappa shape index (κ1) is 10.9. The molecule has 0 fully saturated rings. The highest BCUT2D eigenvalue weighted by Crippen LogP contribution is 2.22. The predicted octanol–water partition coefficient (Wildman–Crippen LogP) is 1.61. The number of aromatic nitrogens is 4. The molecule has 0 spiro atoms. The molecule has 6 nitrogen and oxygen atoms in total. The molecule has 94 valence electrons. The number of hydrogen-bond donors (Lipinski definition) is 1. The maximum Gasteiger partial charge on any atom is 0.202 e. The summed E-state index contributed by atoms with van der Waals surface area (Å²) in [6.07, 6.45) is 0. The average Bonchev–Trinajstić information content (AvgIpc) is 2.91. The lowest BCUT2D eigenvalue weighted by molar-refractivity contribution is 0.472. The minimum absolute atomic E-state index is 0.482. The van der Waals surface area contributed by atoms with Gasteiger partial charge in [0.05, 0.1) is 12.2 Å². The van der Waals surface area contributed by atoms with Gasteiger partial charge in [0.1, 0.15) is 17.0 Å². The van der Waals surface area contributed by atoms with Crippen LogP contribution in [0.1, 0.15) is 17.2 Å². The highest BCUT2D eigenvalue weighted by molar-refractivity contribution is 5.77. The van der Waals surface area contributed by atoms with Crippen LogP contribution in [0.25, 0.3) is 11.2 Å². The van der Waals surface area contributed by atoms with Crippen molar-refractivity contribution in [1.82, 2.24) is 19.3 Å². The van der Waals surface area contributed by atoms with Crippen molar-refractivity contribution in [3.63, 3.8) is 0 Å². The summed E-state index contributed by atoms with van der Waals surface area (Å²) in [4.78, 5) is 4.35. The minimum Gasteiger partial charge on any atom is -0.464 e. The molecule has 0 aliphatic heterocycles. The SMILES string of the molecule is Cc1ccc(Cn2c(N)nc3c(C)nn(C)c32)o1. The van der Waals surface area contributed by atoms with E-state index in [1.54, 1.807) is 4.68 Å². The Hall–Kier alpha value is -2.24. The number of furan rings is 1. The van der Waals surface area contributed by atoms with Crippen LogP contribution >= 0.6 is 0 Å². The van der Waals surface area contributed by atoms with E-state index in [0.717, 1.165) is 28.4 Å². The smallest absolute Gasteiger partial charge is 0.202 e. The van der Waals surface area contributed by atoms with Crippen molar-refractivity contribution in [1.29, 1.82) is 0 Å². The number of nitrogens with two attached hydrogens (primary N) is 1. The number of imidazole rings is 1. The lowest BCUT2D eigenvalue weighted by Gasteiger charge is -2.04. The van der Waals surface area contributed by atoms with Gasteiger partial charge in [0, 0.05) is 7.05 Å². The lowest BCUT2D eigenvalue weighted by Crippen LogP contribution is -2.07. The molecule has 0 bridgehead atoms. The van der Waals surface area contributed by atoms with E-state index in [-0.39, 0.29) is 0 Å². The van der Waals surface area contributed by atoms with Crippen molar-refractivity contribution < 1.29 is 4.42 Å². The third-order valence-corrected chi connectivity index (χ3v) is 3.03. The molecule has 0 radical (unpaired) electrons. The molecule has 0 amide bonds. The van der Waals surface area contributed by atoms with Gasteiger partial charge in [-0.25, -0.2) is 4.98 Å². The second-order valence-electron chi connectivity index (χ2n) is 4.45. The summed E-state index contributed by atoms with van der Waals surface area (Å²) in [5.41, 5.74) is 8.60. The molecule has 0 aromatic carbocycles. The molecule has 0 aliphatic rings. The van der Waals surface area contributed by atoms with Gasteiger partial charge in [0.15, 0.2) is 5.65 Å². The Morgan fingerprint density at radius 2 is 2.11 bits per heavy atom. The number of nitrogens with zero attached hydrogens (tertiary/aromatic N) is 4. The highest BCUT2D eigenvalue weighted by atomic mass is 16.3. The van der Waals surface area contributed by atoms with Crippen molar-refractivity contribution >= 4 is 17.1 Å². The second kappa shape index (κ2) is 3.63. The van der Waals surface area contributed by atoms with Crippen LogP contribution in [0.5, 0.6) is 0 Å². The molecule has 0 saturated heterocycles. The van der Waals surface area contributed by atoms with Crippen LogP contribution in [0.3, 0.4) is 0 Å². The van der Waals surface area contributed by atoms with E-state index >= 15 is 0 Å². The van der Waals surface area contributed by atoms with E-state index in [4.69, 9.17) is 10.2 Å². The van der Waals surface area contributed by atoms with Crippen molar-refractivity contribution in [3.8, 4) is 0 Å². The summed E-state index contributed by atoms with van der Waals surface area (Å²) in [6.45, 7) is 4.41. The van der Waals surface area contributed by atoms with Gasteiger partial charge in [-0.2, -0.15) is 5.10 Å². The largest absolute Gasteiger partial charge is 0.464 e. The average molecular weight is 245 g/mol. The molecular weight excluding hydrogens is 230 g/mol. The molecule has 2 N–H and O–H groups in total. The van der Waals surface area contributed by atoms with E-state index in [1.807, 2.05) is 37.6 Å². The molecule has 6 heteroatoms. The minimum atomic E-state index is 0.482. The maximum absolute atomic E-state index is 5.96. The third kappa shape index (κ3) is 1.49. The van der Waals surface area contributed by atoms with E-state index in [0.29, 0.717) is 12.5 Å². The van der Waals surface area contributed by atoms with Crippen LogP contribution < -0.4 is 5.73 Å². The number of hydrogen-bond acceptors (Lipinski definition) is 4. The lowest BCUT2D eigenvalue weighted by atomic mass is 10.4. The summed E-state index contributed by atoms with van der Waals surface area (Å²) in [5.74, 6) is 2.23. The highest BCUT2D eigenvalue weighted by Gasteiger charge is 2.16. The van der Waals surface area contributed by atoms with Gasteiger partial charge >= 0.3 is 0 Å². The first-order valence-electron chi connectivity index (χ1n) is 5.77. The van der Waals surface area contributed by atoms with Gasteiger partial charge < -0.3 is 10.2 Å². The van der Waals surface area contributed by atoms with E-state index in [1.165, 1.54) is 0 Å². The van der Waals surface area contributed by atoms with Gasteiger partial charge in [-0.1, -0.05) is 0 Å². The fourth-order valence-corrected chi connectivity index (χ4v) is 2.23. The number of aryl methyl sites for hydroxylation is 3. The molecule has 0 aliphatic carbocycles. The van der Waals surface area contributed by atoms with Gasteiger partial charge in [-0.05, 0) is 26.0 Å². The van der Waals surface area contributed by atoms with Crippen molar-refractivity contribution in [2.24, 2.45) is 7.05 Å². The Labute approximate surface area is 104 Å². The number of fused-ring (bicyclic) bond motifs is 1. The van der Waals surface area contributed by atoms with Crippen LogP contribution in [0, 0.1) is 13.8 Å². The molecule has 0 saturated carbocycles. The van der Waals surface area contributed by atoms with Crippen LogP contribution in [0.4, 0.5) is 5.95 Å². The van der Waals surface area contributed by atoms with E-state index < -0.39 is 0 Å². The van der Waals surface area contributed by atoms with Crippen molar-refractivity contribution in [3.05, 3.63) is 29.3 Å². The molecule has 0 atom stereocenters. The molecule has 3 aromatic heterocycles. The molecular formula is C12H15N5O. The third-order valence-electron chi connectivity index (χ3n) is 3.03. The monoisotopic (exact) mass is 245 g/mol. The van der Waals surface area contributed by atoms with Crippen LogP contribution in [0.15, 0.2) is 16.5 Å². The Bertz CT molecular complexity index is 718. The topological polar surface area (TPSA) is 74.8 Å². The zero-order valence-electron chi connectivity index (χ0n) is 10.6. The second-order valence-corrected chi connectivity index (χ2v) is 4.45. The Morgan fingerprint density at radius 3 is 2.78 bits per heavy atom. The van der Waals surface area contributed by atoms with E-state index in [9.17, 15) is 0 Å². The molecule has 0 unspecified atom stereocenters. The first-order valence-corrected chi connectivity index (χ1v) is 5.77. The van der Waals surface area contributed by atoms with Crippen molar-refractivity contribution in [2.45, 2.75) is 20.4 Å². The summed E-state index contributed by atoms with van der Waals surface area (Å²) in [7, 11) is 1.89. The summed E-state index contributed by atoms with van der Waals surface area (Å²) < 4.78 is 9.28. The zero-order valence-corrected chi connectivity index (χ0v) is 10.6. The quantitative estimate of drug-likeness (QED) is 0.744. The summed E-state index contributed by atoms with van der Waals surface area (Å²) in [6, 6.07) is 3.89. The number of rotatable bonds is 2. The van der Waals surface area contributed by atoms with Crippen LogP contribution in [0.2, 0.25) is 0 Å². The van der Waals surface area contributed by atoms with Gasteiger partial charge in [-0.15, -0.1) is 0 Å². The number of nitrogen functional groups attached to an aromatic ring is 1. The summed E-state index contributed by atoms with van der Waals surface area (Å²) in [5, 5.41) is 4.35. The fraction of sp³-hybridized carbons (Fsp3) is 0.333. The Balaban J connectivity index is 2.13. The van der Waals surface area contributed by atoms with Crippen LogP contribution in [-0.2, 0) is 13.6 Å². The molecule has 3 rings (SSSR count). The Morgan fingerprint density at radius 1 is 1.33 bits per heavy atom. The number of anilines is 1. The van der Waals surface area contributed by atoms with E-state index in [2.05, 4.69) is 10.1 Å². The van der Waals surface area contributed by atoms with Gasteiger partial charge in [0.25, 0.3) is 0 Å². The normalized spacial score (nSPS) is 11.5. The predicted molar refractivity (Wildman–Crippen MR) is 68.2 cm³/mol. The van der Waals surface area contributed by atoms with Gasteiger partial charge in [-0.3, -0.25) is 9.25 Å².